The molecule has 1 N–H and O–H groups in total. The second-order valence-corrected chi connectivity index (χ2v) is 5.26. The molecule has 0 aliphatic carbocycles. The van der Waals surface area contributed by atoms with Gasteiger partial charge in [0.15, 0.2) is 5.84 Å². The van der Waals surface area contributed by atoms with Crippen LogP contribution in [0.1, 0.15) is 25.8 Å². The van der Waals surface area contributed by atoms with Crippen LogP contribution in [0.5, 0.6) is 0 Å². The van der Waals surface area contributed by atoms with Crippen molar-refractivity contribution in [2.24, 2.45) is 9.98 Å². The van der Waals surface area contributed by atoms with E-state index in [1.165, 1.54) is 0 Å². The molecule has 0 aromatic carbocycles. The molecule has 0 aliphatic rings. The second kappa shape index (κ2) is 9.74. The van der Waals surface area contributed by atoms with E-state index in [1.807, 2.05) is 31.2 Å². The van der Waals surface area contributed by atoms with Crippen LogP contribution in [0, 0.1) is 0 Å². The Kier molecular flexibility index (Phi) is 7.98. The molecular formula is C18H23ClN4. The van der Waals surface area contributed by atoms with E-state index in [2.05, 4.69) is 40.5 Å². The number of nitrogens with one attached hydrogen (secondary N) is 1. The Hall–Kier alpha value is -2.20. The van der Waals surface area contributed by atoms with Gasteiger partial charge in [-0.15, -0.1) is 0 Å². The molecule has 0 atom stereocenters. The summed E-state index contributed by atoms with van der Waals surface area (Å²) >= 11 is 6.33. The van der Waals surface area contributed by atoms with Gasteiger partial charge in [0, 0.05) is 18.3 Å². The highest BCUT2D eigenvalue weighted by molar-refractivity contribution is 6.31. The fourth-order valence-corrected chi connectivity index (χ4v) is 2.07. The minimum absolute atomic E-state index is 0.440. The molecule has 5 heteroatoms. The standard InChI is InChI=1S/C18H23ClN4/c1-6-14(7-2)11-16(19)13(3)12-23-18(21-5)15-9-8-10-22-17(15)20-4/h6,8-11H,1,5,7,12H2,2-4H3,(H,20,22)/b14-11+,16-13-,23-18?. The molecule has 1 aromatic rings. The molecule has 122 valence electrons. The van der Waals surface area contributed by atoms with Gasteiger partial charge in [0.2, 0.25) is 0 Å². The Balaban J connectivity index is 3.07. The second-order valence-electron chi connectivity index (χ2n) is 4.85. The van der Waals surface area contributed by atoms with Crippen molar-refractivity contribution < 1.29 is 0 Å². The molecule has 0 bridgehead atoms. The van der Waals surface area contributed by atoms with Gasteiger partial charge >= 0.3 is 0 Å². The summed E-state index contributed by atoms with van der Waals surface area (Å²) in [6, 6.07) is 3.74. The van der Waals surface area contributed by atoms with Gasteiger partial charge in [0.25, 0.3) is 0 Å². The molecule has 0 saturated heterocycles. The lowest BCUT2D eigenvalue weighted by atomic mass is 10.1. The van der Waals surface area contributed by atoms with E-state index < -0.39 is 0 Å². The van der Waals surface area contributed by atoms with Gasteiger partial charge in [0.05, 0.1) is 12.1 Å². The number of anilines is 1. The van der Waals surface area contributed by atoms with Crippen molar-refractivity contribution in [2.45, 2.75) is 20.3 Å². The lowest BCUT2D eigenvalue weighted by molar-refractivity contribution is 1.11. The summed E-state index contributed by atoms with van der Waals surface area (Å²) in [4.78, 5) is 12.8. The number of pyridine rings is 1. The van der Waals surface area contributed by atoms with Crippen LogP contribution in [-0.2, 0) is 0 Å². The predicted molar refractivity (Wildman–Crippen MR) is 102 cm³/mol. The predicted octanol–water partition coefficient (Wildman–Crippen LogP) is 4.61. The quantitative estimate of drug-likeness (QED) is 0.451. The Bertz CT molecular complexity index is 657. The molecule has 1 aromatic heterocycles. The van der Waals surface area contributed by atoms with E-state index >= 15 is 0 Å². The maximum atomic E-state index is 6.33. The summed E-state index contributed by atoms with van der Waals surface area (Å²) in [6.45, 7) is 11.8. The molecule has 1 rings (SSSR count). The van der Waals surface area contributed by atoms with E-state index in [0.717, 1.165) is 23.1 Å². The van der Waals surface area contributed by atoms with Crippen LogP contribution in [0.15, 0.2) is 63.2 Å². The zero-order chi connectivity index (χ0) is 17.2. The van der Waals surface area contributed by atoms with Crippen LogP contribution in [-0.4, -0.2) is 31.1 Å². The maximum absolute atomic E-state index is 6.33. The number of nitrogens with zero attached hydrogens (tertiary/aromatic N) is 3. The molecule has 1 heterocycles. The smallest absolute Gasteiger partial charge is 0.158 e. The number of aliphatic imine (C=N–C) groups is 2. The lowest BCUT2D eigenvalue weighted by Crippen LogP contribution is -2.05. The maximum Gasteiger partial charge on any atom is 0.158 e. The number of hydrogen-bond acceptors (Lipinski definition) is 3. The van der Waals surface area contributed by atoms with E-state index in [0.29, 0.717) is 23.2 Å². The van der Waals surface area contributed by atoms with E-state index in [9.17, 15) is 0 Å². The van der Waals surface area contributed by atoms with Gasteiger partial charge in [-0.1, -0.05) is 31.2 Å². The third kappa shape index (κ3) is 5.49. The third-order valence-corrected chi connectivity index (χ3v) is 3.72. The van der Waals surface area contributed by atoms with E-state index in [4.69, 9.17) is 11.6 Å². The number of allylic oxidation sites excluding steroid dienone is 4. The topological polar surface area (TPSA) is 49.6 Å². The summed E-state index contributed by atoms with van der Waals surface area (Å²) in [7, 11) is 1.81. The highest BCUT2D eigenvalue weighted by Gasteiger charge is 2.07. The first-order valence-corrected chi connectivity index (χ1v) is 7.77. The van der Waals surface area contributed by atoms with Crippen molar-refractivity contribution >= 4 is 30.0 Å². The number of amidine groups is 1. The largest absolute Gasteiger partial charge is 0.373 e. The van der Waals surface area contributed by atoms with Crippen LogP contribution in [0.3, 0.4) is 0 Å². The molecule has 0 spiro atoms. The molecule has 0 amide bonds. The Morgan fingerprint density at radius 2 is 2.22 bits per heavy atom. The molecule has 23 heavy (non-hydrogen) atoms. The third-order valence-electron chi connectivity index (χ3n) is 3.29. The highest BCUT2D eigenvalue weighted by atomic mass is 35.5. The SMILES string of the molecule is C=C/C(=C\C(Cl)=C(/C)CN=C(N=C)c1cccnc1NC)CC. The van der Waals surface area contributed by atoms with Gasteiger partial charge in [-0.2, -0.15) is 0 Å². The molecule has 4 nitrogen and oxygen atoms in total. The summed E-state index contributed by atoms with van der Waals surface area (Å²) in [5.74, 6) is 1.25. The van der Waals surface area contributed by atoms with Crippen molar-refractivity contribution in [1.82, 2.24) is 4.98 Å². The van der Waals surface area contributed by atoms with Gasteiger partial charge in [-0.3, -0.25) is 4.99 Å². The normalized spacial score (nSPS) is 13.4. The first-order valence-electron chi connectivity index (χ1n) is 7.39. The van der Waals surface area contributed by atoms with Crippen molar-refractivity contribution in [1.29, 1.82) is 0 Å². The number of hydrogen-bond donors (Lipinski definition) is 1. The number of aromatic nitrogens is 1. The average Bonchev–Trinajstić information content (AvgIpc) is 2.59. The van der Waals surface area contributed by atoms with Gasteiger partial charge in [-0.25, -0.2) is 9.98 Å². The molecule has 0 saturated carbocycles. The Morgan fingerprint density at radius 1 is 1.48 bits per heavy atom. The van der Waals surface area contributed by atoms with Crippen LogP contribution in [0.2, 0.25) is 0 Å². The summed E-state index contributed by atoms with van der Waals surface area (Å²) in [5, 5.41) is 3.70. The van der Waals surface area contributed by atoms with Crippen LogP contribution in [0.4, 0.5) is 5.82 Å². The van der Waals surface area contributed by atoms with Crippen molar-refractivity contribution in [2.75, 3.05) is 18.9 Å². The number of halogens is 1. The summed E-state index contributed by atoms with van der Waals surface area (Å²) in [5.41, 5.74) is 2.85. The summed E-state index contributed by atoms with van der Waals surface area (Å²) < 4.78 is 0. The summed E-state index contributed by atoms with van der Waals surface area (Å²) in [6.07, 6.45) is 6.33. The van der Waals surface area contributed by atoms with Crippen molar-refractivity contribution in [3.63, 3.8) is 0 Å². The lowest BCUT2D eigenvalue weighted by Gasteiger charge is -2.07. The fourth-order valence-electron chi connectivity index (χ4n) is 1.87. The van der Waals surface area contributed by atoms with Gasteiger partial charge in [-0.05, 0) is 49.4 Å². The average molecular weight is 331 g/mol. The molecule has 0 aliphatic heterocycles. The monoisotopic (exact) mass is 330 g/mol. The minimum Gasteiger partial charge on any atom is -0.373 e. The molecule has 0 radical (unpaired) electrons. The van der Waals surface area contributed by atoms with Crippen LogP contribution >= 0.6 is 11.6 Å². The van der Waals surface area contributed by atoms with E-state index in [-0.39, 0.29) is 0 Å². The van der Waals surface area contributed by atoms with Crippen LogP contribution < -0.4 is 5.32 Å². The molecule has 0 unspecified atom stereocenters. The first kappa shape index (κ1) is 18.8. The Morgan fingerprint density at radius 3 is 2.78 bits per heavy atom. The zero-order valence-corrected chi connectivity index (χ0v) is 14.7. The molecule has 0 fully saturated rings. The fraction of sp³-hybridized carbons (Fsp3) is 0.278. The van der Waals surface area contributed by atoms with Gasteiger partial charge in [0.1, 0.15) is 5.82 Å². The van der Waals surface area contributed by atoms with Crippen molar-refractivity contribution in [3.8, 4) is 0 Å². The highest BCUT2D eigenvalue weighted by Crippen LogP contribution is 2.17. The first-order chi connectivity index (χ1) is 11.1. The molecular weight excluding hydrogens is 308 g/mol. The van der Waals surface area contributed by atoms with E-state index in [1.54, 1.807) is 13.2 Å². The minimum atomic E-state index is 0.440. The van der Waals surface area contributed by atoms with Crippen LogP contribution in [0.25, 0.3) is 0 Å². The number of rotatable bonds is 7. The zero-order valence-electron chi connectivity index (χ0n) is 13.9. The van der Waals surface area contributed by atoms with Crippen molar-refractivity contribution in [3.05, 3.63) is 58.8 Å². The van der Waals surface area contributed by atoms with Gasteiger partial charge < -0.3 is 5.32 Å². The Labute approximate surface area is 143 Å².